The summed E-state index contributed by atoms with van der Waals surface area (Å²) in [7, 11) is 3.30. The van der Waals surface area contributed by atoms with Gasteiger partial charge in [0.2, 0.25) is 5.91 Å². The van der Waals surface area contributed by atoms with E-state index in [0.717, 1.165) is 0 Å². The Bertz CT molecular complexity index is 218. The van der Waals surface area contributed by atoms with Crippen LogP contribution in [-0.2, 0) is 9.53 Å². The van der Waals surface area contributed by atoms with Crippen molar-refractivity contribution in [2.24, 2.45) is 0 Å². The van der Waals surface area contributed by atoms with Gasteiger partial charge in [0, 0.05) is 13.2 Å². The molecule has 0 unspecified atom stereocenters. The normalized spacial score (nSPS) is 17.8. The van der Waals surface area contributed by atoms with E-state index in [2.05, 4.69) is 0 Å². The Morgan fingerprint density at radius 1 is 1.64 bits per heavy atom. The number of amides is 1. The van der Waals surface area contributed by atoms with Crippen LogP contribution in [0.5, 0.6) is 0 Å². The summed E-state index contributed by atoms with van der Waals surface area (Å²) in [5.74, 6) is 0.752. The molecule has 0 aromatic rings. The lowest BCUT2D eigenvalue weighted by Gasteiger charge is -2.09. The van der Waals surface area contributed by atoms with Gasteiger partial charge in [-0.05, 0) is 12.2 Å². The molecule has 0 saturated heterocycles. The first-order chi connectivity index (χ1) is 5.24. The fourth-order valence-electron chi connectivity index (χ4n) is 0.835. The van der Waals surface area contributed by atoms with Gasteiger partial charge in [0.05, 0.1) is 13.5 Å². The SMILES string of the molecule is COC1=CC=CN(C)C(=O)C1. The molecule has 0 radical (unpaired) electrons. The average molecular weight is 153 g/mol. The fourth-order valence-corrected chi connectivity index (χ4v) is 0.835. The summed E-state index contributed by atoms with van der Waals surface area (Å²) in [6.45, 7) is 0. The van der Waals surface area contributed by atoms with Crippen LogP contribution in [0.4, 0.5) is 0 Å². The molecule has 1 aliphatic rings. The monoisotopic (exact) mass is 153 g/mol. The molecule has 0 spiro atoms. The molecule has 0 saturated carbocycles. The van der Waals surface area contributed by atoms with Crippen molar-refractivity contribution < 1.29 is 9.53 Å². The molecule has 1 aliphatic heterocycles. The van der Waals surface area contributed by atoms with Gasteiger partial charge >= 0.3 is 0 Å². The molecule has 0 atom stereocenters. The van der Waals surface area contributed by atoms with Crippen LogP contribution in [0.1, 0.15) is 6.42 Å². The van der Waals surface area contributed by atoms with Crippen molar-refractivity contribution >= 4 is 5.91 Å². The summed E-state index contributed by atoms with van der Waals surface area (Å²) in [5.41, 5.74) is 0. The van der Waals surface area contributed by atoms with E-state index in [0.29, 0.717) is 12.2 Å². The van der Waals surface area contributed by atoms with Gasteiger partial charge < -0.3 is 9.64 Å². The molecule has 0 aromatic heterocycles. The van der Waals surface area contributed by atoms with Gasteiger partial charge in [0.25, 0.3) is 0 Å². The summed E-state index contributed by atoms with van der Waals surface area (Å²) in [5, 5.41) is 0. The Labute approximate surface area is 65.9 Å². The van der Waals surface area contributed by atoms with E-state index in [4.69, 9.17) is 4.74 Å². The minimum absolute atomic E-state index is 0.0480. The Kier molecular flexibility index (Phi) is 2.31. The van der Waals surface area contributed by atoms with Crippen molar-refractivity contribution in [2.75, 3.05) is 14.2 Å². The number of allylic oxidation sites excluding steroid dienone is 2. The van der Waals surface area contributed by atoms with Gasteiger partial charge in [0.15, 0.2) is 0 Å². The molecule has 0 aromatic carbocycles. The molecule has 0 fully saturated rings. The van der Waals surface area contributed by atoms with Crippen LogP contribution >= 0.6 is 0 Å². The van der Waals surface area contributed by atoms with Crippen LogP contribution in [0, 0.1) is 0 Å². The van der Waals surface area contributed by atoms with E-state index in [1.165, 1.54) is 0 Å². The first-order valence-corrected chi connectivity index (χ1v) is 3.41. The third kappa shape index (κ3) is 1.83. The number of hydrogen-bond donors (Lipinski definition) is 0. The second-order valence-electron chi connectivity index (χ2n) is 2.36. The minimum atomic E-state index is 0.0480. The number of rotatable bonds is 1. The maximum atomic E-state index is 11.1. The van der Waals surface area contributed by atoms with Crippen molar-refractivity contribution in [2.45, 2.75) is 6.42 Å². The molecule has 3 nitrogen and oxygen atoms in total. The number of methoxy groups -OCH3 is 1. The number of carbonyl (C=O) groups excluding carboxylic acids is 1. The zero-order valence-electron chi connectivity index (χ0n) is 6.70. The second kappa shape index (κ2) is 3.23. The molecule has 1 amide bonds. The van der Waals surface area contributed by atoms with Gasteiger partial charge in [-0.3, -0.25) is 4.79 Å². The number of nitrogens with zero attached hydrogens (tertiary/aromatic N) is 1. The molecule has 3 heteroatoms. The Morgan fingerprint density at radius 2 is 2.36 bits per heavy atom. The summed E-state index contributed by atoms with van der Waals surface area (Å²) in [6.07, 6.45) is 5.65. The van der Waals surface area contributed by atoms with Crippen LogP contribution in [0.2, 0.25) is 0 Å². The van der Waals surface area contributed by atoms with Crippen LogP contribution < -0.4 is 0 Å². The molecule has 0 bridgehead atoms. The van der Waals surface area contributed by atoms with Crippen LogP contribution in [0.15, 0.2) is 24.1 Å². The standard InChI is InChI=1S/C8H11NO2/c1-9-5-3-4-7(11-2)6-8(9)10/h3-5H,6H2,1-2H3. The van der Waals surface area contributed by atoms with Crippen LogP contribution in [0.3, 0.4) is 0 Å². The van der Waals surface area contributed by atoms with Crippen LogP contribution in [0.25, 0.3) is 0 Å². The molecule has 11 heavy (non-hydrogen) atoms. The Balaban J connectivity index is 2.73. The first kappa shape index (κ1) is 7.85. The van der Waals surface area contributed by atoms with Crippen molar-refractivity contribution in [1.82, 2.24) is 4.90 Å². The first-order valence-electron chi connectivity index (χ1n) is 3.41. The zero-order valence-corrected chi connectivity index (χ0v) is 6.70. The van der Waals surface area contributed by atoms with E-state index in [1.54, 1.807) is 37.4 Å². The molecule has 1 rings (SSSR count). The maximum Gasteiger partial charge on any atom is 0.233 e. The topological polar surface area (TPSA) is 29.5 Å². The van der Waals surface area contributed by atoms with Crippen molar-refractivity contribution in [3.63, 3.8) is 0 Å². The fraction of sp³-hybridized carbons (Fsp3) is 0.375. The molecule has 0 N–H and O–H groups in total. The van der Waals surface area contributed by atoms with Gasteiger partial charge in [-0.1, -0.05) is 0 Å². The average Bonchev–Trinajstić information content (AvgIpc) is 2.15. The summed E-state index contributed by atoms with van der Waals surface area (Å²) >= 11 is 0. The largest absolute Gasteiger partial charge is 0.501 e. The summed E-state index contributed by atoms with van der Waals surface area (Å²) < 4.78 is 4.95. The highest BCUT2D eigenvalue weighted by molar-refractivity contribution is 5.79. The molecular formula is C8H11NO2. The summed E-state index contributed by atoms with van der Waals surface area (Å²) in [6, 6.07) is 0. The van der Waals surface area contributed by atoms with E-state index in [9.17, 15) is 4.79 Å². The highest BCUT2D eigenvalue weighted by atomic mass is 16.5. The van der Waals surface area contributed by atoms with E-state index >= 15 is 0 Å². The predicted octanol–water partition coefficient (Wildman–Crippen LogP) is 0.892. The number of carbonyl (C=O) groups is 1. The molecular weight excluding hydrogens is 142 g/mol. The second-order valence-corrected chi connectivity index (χ2v) is 2.36. The number of ether oxygens (including phenoxy) is 1. The van der Waals surface area contributed by atoms with Gasteiger partial charge in [-0.15, -0.1) is 0 Å². The Morgan fingerprint density at radius 3 is 3.00 bits per heavy atom. The third-order valence-corrected chi connectivity index (χ3v) is 1.57. The minimum Gasteiger partial charge on any atom is -0.501 e. The van der Waals surface area contributed by atoms with Crippen LogP contribution in [-0.4, -0.2) is 25.0 Å². The van der Waals surface area contributed by atoms with Crippen molar-refractivity contribution in [3.05, 3.63) is 24.1 Å². The van der Waals surface area contributed by atoms with Crippen molar-refractivity contribution in [3.8, 4) is 0 Å². The highest BCUT2D eigenvalue weighted by Crippen LogP contribution is 2.08. The lowest BCUT2D eigenvalue weighted by atomic mass is 10.3. The molecule has 60 valence electrons. The number of hydrogen-bond acceptors (Lipinski definition) is 2. The molecule has 1 heterocycles. The van der Waals surface area contributed by atoms with E-state index in [-0.39, 0.29) is 5.91 Å². The quantitative estimate of drug-likeness (QED) is 0.560. The van der Waals surface area contributed by atoms with Gasteiger partial charge in [-0.25, -0.2) is 0 Å². The van der Waals surface area contributed by atoms with Gasteiger partial charge in [0.1, 0.15) is 5.76 Å². The lowest BCUT2D eigenvalue weighted by Crippen LogP contribution is -2.19. The maximum absolute atomic E-state index is 11.1. The zero-order chi connectivity index (χ0) is 8.27. The molecule has 0 aliphatic carbocycles. The summed E-state index contributed by atoms with van der Waals surface area (Å²) in [4.78, 5) is 12.7. The smallest absolute Gasteiger partial charge is 0.233 e. The highest BCUT2D eigenvalue weighted by Gasteiger charge is 2.10. The van der Waals surface area contributed by atoms with Gasteiger partial charge in [-0.2, -0.15) is 0 Å². The van der Waals surface area contributed by atoms with E-state index in [1.807, 2.05) is 0 Å². The predicted molar refractivity (Wildman–Crippen MR) is 41.6 cm³/mol. The van der Waals surface area contributed by atoms with E-state index < -0.39 is 0 Å². The lowest BCUT2D eigenvalue weighted by molar-refractivity contribution is -0.127. The van der Waals surface area contributed by atoms with Crippen molar-refractivity contribution in [1.29, 1.82) is 0 Å². The Hall–Kier alpha value is -1.25. The third-order valence-electron chi connectivity index (χ3n) is 1.57.